The fourth-order valence-electron chi connectivity index (χ4n) is 3.56. The molecule has 1 aliphatic carbocycles. The molecule has 1 aliphatic rings. The summed E-state index contributed by atoms with van der Waals surface area (Å²) in [5.74, 6) is -1.46. The summed E-state index contributed by atoms with van der Waals surface area (Å²) in [4.78, 5) is 32.2. The molecule has 2 heterocycles. The molecule has 2 N–H and O–H groups in total. The Kier molecular flexibility index (Phi) is 4.65. The smallest absolute Gasteiger partial charge is 0.309 e. The number of rotatable bonds is 4. The van der Waals surface area contributed by atoms with Gasteiger partial charge in [-0.05, 0) is 30.3 Å². The fourth-order valence-corrected chi connectivity index (χ4v) is 3.56. The zero-order chi connectivity index (χ0) is 19.7. The minimum absolute atomic E-state index is 0.0745. The summed E-state index contributed by atoms with van der Waals surface area (Å²) in [5.41, 5.74) is 3.77. The molecule has 0 spiro atoms. The highest BCUT2D eigenvalue weighted by Gasteiger charge is 2.35. The van der Waals surface area contributed by atoms with Gasteiger partial charge in [0.1, 0.15) is 5.82 Å². The average molecular weight is 379 g/mol. The number of hydrogen-bond acceptors (Lipinski definition) is 5. The number of nitrogens with one attached hydrogen (secondary N) is 2. The summed E-state index contributed by atoms with van der Waals surface area (Å²) < 4.78 is 18.5. The summed E-state index contributed by atoms with van der Waals surface area (Å²) in [7, 11) is 1.32. The van der Waals surface area contributed by atoms with Gasteiger partial charge in [-0.25, -0.2) is 4.39 Å². The van der Waals surface area contributed by atoms with E-state index in [4.69, 9.17) is 4.74 Å². The number of anilines is 2. The molecule has 4 rings (SSSR count). The predicted molar refractivity (Wildman–Crippen MR) is 102 cm³/mol. The molecule has 2 aromatic heterocycles. The van der Waals surface area contributed by atoms with Crippen molar-refractivity contribution >= 4 is 23.1 Å². The predicted octanol–water partition coefficient (Wildman–Crippen LogP) is 3.88. The quantitative estimate of drug-likeness (QED) is 0.672. The number of aromatic amines is 1. The highest BCUT2D eigenvalue weighted by atomic mass is 19.1. The van der Waals surface area contributed by atoms with E-state index < -0.39 is 11.9 Å². The van der Waals surface area contributed by atoms with Crippen LogP contribution in [0.25, 0.3) is 11.3 Å². The van der Waals surface area contributed by atoms with E-state index in [-0.39, 0.29) is 18.0 Å². The molecule has 7 heteroatoms. The third kappa shape index (κ3) is 3.26. The van der Waals surface area contributed by atoms with Crippen molar-refractivity contribution in [3.63, 3.8) is 0 Å². The number of pyridine rings is 1. The zero-order valence-electron chi connectivity index (χ0n) is 15.2. The van der Waals surface area contributed by atoms with Crippen molar-refractivity contribution in [2.75, 3.05) is 12.4 Å². The van der Waals surface area contributed by atoms with Crippen molar-refractivity contribution in [3.8, 4) is 11.3 Å². The lowest BCUT2D eigenvalue weighted by molar-refractivity contribution is -0.145. The number of fused-ring (bicyclic) bond motifs is 1. The van der Waals surface area contributed by atoms with Gasteiger partial charge in [-0.2, -0.15) is 0 Å². The van der Waals surface area contributed by atoms with Crippen LogP contribution in [0.5, 0.6) is 0 Å². The first-order valence-electron chi connectivity index (χ1n) is 8.85. The lowest BCUT2D eigenvalue weighted by atomic mass is 9.86. The molecule has 142 valence electrons. The molecule has 0 saturated heterocycles. The molecule has 0 saturated carbocycles. The van der Waals surface area contributed by atoms with E-state index in [1.807, 2.05) is 12.1 Å². The number of ether oxygens (including phenoxy) is 1. The Bertz CT molecular complexity index is 1050. The van der Waals surface area contributed by atoms with Crippen molar-refractivity contribution in [1.82, 2.24) is 9.97 Å². The highest BCUT2D eigenvalue weighted by molar-refractivity contribution is 6.08. The van der Waals surface area contributed by atoms with Crippen LogP contribution >= 0.6 is 0 Å². The largest absolute Gasteiger partial charge is 0.469 e. The van der Waals surface area contributed by atoms with Crippen LogP contribution in [0.1, 0.15) is 22.5 Å². The molecule has 0 aliphatic heterocycles. The number of benzene rings is 1. The van der Waals surface area contributed by atoms with Gasteiger partial charge < -0.3 is 15.0 Å². The number of methoxy groups -OCH3 is 1. The first-order valence-corrected chi connectivity index (χ1v) is 8.85. The minimum Gasteiger partial charge on any atom is -0.469 e. The standard InChI is InChI=1S/C21H18FN3O3/c1-28-21(27)13-9-16-18(17(26)10-13)20(24-15-4-2-3-14(22)11-15)19(25-16)12-5-7-23-8-6-12/h2-8,11,13,24-25H,9-10H2,1H3. The van der Waals surface area contributed by atoms with Crippen molar-refractivity contribution in [2.45, 2.75) is 12.8 Å². The zero-order valence-corrected chi connectivity index (χ0v) is 15.2. The number of Topliss-reactive ketones (excluding diaryl/α,β-unsaturated/α-hetero) is 1. The molecule has 0 amide bonds. The molecule has 28 heavy (non-hydrogen) atoms. The van der Waals surface area contributed by atoms with Crippen molar-refractivity contribution < 1.29 is 18.7 Å². The lowest BCUT2D eigenvalue weighted by Crippen LogP contribution is -2.27. The Morgan fingerprint density at radius 2 is 2.04 bits per heavy atom. The van der Waals surface area contributed by atoms with Crippen LogP contribution < -0.4 is 5.32 Å². The van der Waals surface area contributed by atoms with Gasteiger partial charge in [0.05, 0.1) is 30.0 Å². The van der Waals surface area contributed by atoms with Crippen molar-refractivity contribution in [2.24, 2.45) is 5.92 Å². The highest BCUT2D eigenvalue weighted by Crippen LogP contribution is 2.40. The Labute approximate surface area is 160 Å². The first-order chi connectivity index (χ1) is 13.6. The average Bonchev–Trinajstić information content (AvgIpc) is 3.07. The van der Waals surface area contributed by atoms with E-state index in [1.165, 1.54) is 19.2 Å². The number of esters is 1. The van der Waals surface area contributed by atoms with Gasteiger partial charge in [-0.15, -0.1) is 0 Å². The van der Waals surface area contributed by atoms with E-state index in [2.05, 4.69) is 15.3 Å². The van der Waals surface area contributed by atoms with E-state index in [1.54, 1.807) is 24.5 Å². The van der Waals surface area contributed by atoms with Crippen LogP contribution in [0, 0.1) is 11.7 Å². The molecular formula is C21H18FN3O3. The summed E-state index contributed by atoms with van der Waals surface area (Å²) in [5, 5.41) is 3.18. The molecule has 0 bridgehead atoms. The molecule has 3 aromatic rings. The van der Waals surface area contributed by atoms with E-state index in [9.17, 15) is 14.0 Å². The number of carbonyl (C=O) groups is 2. The fraction of sp³-hybridized carbons (Fsp3) is 0.190. The monoisotopic (exact) mass is 379 g/mol. The van der Waals surface area contributed by atoms with Gasteiger partial charge in [0.2, 0.25) is 0 Å². The Morgan fingerprint density at radius 1 is 1.25 bits per heavy atom. The third-order valence-electron chi connectivity index (χ3n) is 4.84. The van der Waals surface area contributed by atoms with E-state index in [0.717, 1.165) is 5.56 Å². The second-order valence-corrected chi connectivity index (χ2v) is 6.65. The van der Waals surface area contributed by atoms with Crippen molar-refractivity contribution in [3.05, 3.63) is 65.9 Å². The summed E-state index contributed by atoms with van der Waals surface area (Å²) in [6.07, 6.45) is 3.75. The minimum atomic E-state index is -0.518. The Balaban J connectivity index is 1.83. The van der Waals surface area contributed by atoms with E-state index in [0.29, 0.717) is 34.7 Å². The summed E-state index contributed by atoms with van der Waals surface area (Å²) in [6.45, 7) is 0. The van der Waals surface area contributed by atoms with Crippen LogP contribution in [0.4, 0.5) is 15.8 Å². The normalized spacial score (nSPS) is 15.8. The van der Waals surface area contributed by atoms with Gasteiger partial charge >= 0.3 is 5.97 Å². The second kappa shape index (κ2) is 7.26. The number of carbonyl (C=O) groups excluding carboxylic acids is 2. The second-order valence-electron chi connectivity index (χ2n) is 6.65. The van der Waals surface area contributed by atoms with Gasteiger partial charge in [0, 0.05) is 42.2 Å². The number of nitrogens with zero attached hydrogens (tertiary/aromatic N) is 1. The molecule has 0 radical (unpaired) electrons. The molecule has 1 unspecified atom stereocenters. The number of halogens is 1. The summed E-state index contributed by atoms with van der Waals surface area (Å²) in [6, 6.07) is 9.67. The van der Waals surface area contributed by atoms with Crippen LogP contribution in [0.15, 0.2) is 48.8 Å². The van der Waals surface area contributed by atoms with Crippen LogP contribution in [0.2, 0.25) is 0 Å². The molecule has 1 atom stereocenters. The number of H-pyrrole nitrogens is 1. The van der Waals surface area contributed by atoms with Gasteiger partial charge in [0.15, 0.2) is 5.78 Å². The SMILES string of the molecule is COC(=O)C1CC(=O)c2c([nH]c(-c3ccncc3)c2Nc2cccc(F)c2)C1. The number of aromatic nitrogens is 2. The van der Waals surface area contributed by atoms with Crippen LogP contribution in [-0.4, -0.2) is 28.8 Å². The first kappa shape index (κ1) is 17.9. The van der Waals surface area contributed by atoms with Crippen LogP contribution in [0.3, 0.4) is 0 Å². The van der Waals surface area contributed by atoms with Gasteiger partial charge in [-0.1, -0.05) is 6.07 Å². The van der Waals surface area contributed by atoms with Crippen LogP contribution in [-0.2, 0) is 16.0 Å². The topological polar surface area (TPSA) is 84.1 Å². The molecular weight excluding hydrogens is 361 g/mol. The van der Waals surface area contributed by atoms with Gasteiger partial charge in [0.25, 0.3) is 0 Å². The molecule has 0 fully saturated rings. The third-order valence-corrected chi connectivity index (χ3v) is 4.84. The lowest BCUT2D eigenvalue weighted by Gasteiger charge is -2.20. The number of hydrogen-bond donors (Lipinski definition) is 2. The maximum absolute atomic E-state index is 13.6. The summed E-state index contributed by atoms with van der Waals surface area (Å²) >= 11 is 0. The molecule has 1 aromatic carbocycles. The van der Waals surface area contributed by atoms with Gasteiger partial charge in [-0.3, -0.25) is 14.6 Å². The maximum atomic E-state index is 13.6. The van der Waals surface area contributed by atoms with Crippen molar-refractivity contribution in [1.29, 1.82) is 0 Å². The Morgan fingerprint density at radius 3 is 2.75 bits per heavy atom. The van der Waals surface area contributed by atoms with E-state index >= 15 is 0 Å². The maximum Gasteiger partial charge on any atom is 0.309 e. The Hall–Kier alpha value is -3.48. The number of ketones is 1. The molecule has 6 nitrogen and oxygen atoms in total.